The van der Waals surface area contributed by atoms with Gasteiger partial charge in [-0.25, -0.2) is 0 Å². The monoisotopic (exact) mass is 246 g/mol. The van der Waals surface area contributed by atoms with Crippen molar-refractivity contribution >= 4 is 17.5 Å². The van der Waals surface area contributed by atoms with Gasteiger partial charge in [-0.15, -0.1) is 0 Å². The van der Waals surface area contributed by atoms with E-state index in [1.165, 1.54) is 5.56 Å². The van der Waals surface area contributed by atoms with Crippen molar-refractivity contribution in [3.8, 4) is 0 Å². The van der Waals surface area contributed by atoms with E-state index in [0.717, 1.165) is 12.1 Å². The maximum atomic E-state index is 12.0. The fourth-order valence-corrected chi connectivity index (χ4v) is 2.12. The Bertz CT molecular complexity index is 453. The lowest BCUT2D eigenvalue weighted by Crippen LogP contribution is -2.30. The summed E-state index contributed by atoms with van der Waals surface area (Å²) in [6.45, 7) is 2.74. The van der Waals surface area contributed by atoms with Crippen molar-refractivity contribution in [2.45, 2.75) is 19.8 Å². The van der Waals surface area contributed by atoms with E-state index in [4.69, 9.17) is 0 Å². The molecule has 1 aromatic carbocycles. The van der Waals surface area contributed by atoms with Crippen LogP contribution in [-0.2, 0) is 16.0 Å². The predicted octanol–water partition coefficient (Wildman–Crippen LogP) is 1.67. The highest BCUT2D eigenvalue weighted by molar-refractivity contribution is 6.07. The van der Waals surface area contributed by atoms with Gasteiger partial charge in [-0.1, -0.05) is 19.1 Å². The van der Waals surface area contributed by atoms with Crippen LogP contribution in [0.2, 0.25) is 0 Å². The summed E-state index contributed by atoms with van der Waals surface area (Å²) in [5.74, 6) is -0.813. The fraction of sp³-hybridized carbons (Fsp3) is 0.429. The third kappa shape index (κ3) is 2.53. The van der Waals surface area contributed by atoms with Gasteiger partial charge in [0.2, 0.25) is 11.8 Å². The average molecular weight is 246 g/mol. The lowest BCUT2D eigenvalue weighted by molar-refractivity contribution is -0.134. The number of nitrogens with one attached hydrogen (secondary N) is 1. The predicted molar refractivity (Wildman–Crippen MR) is 70.2 cm³/mol. The molecule has 96 valence electrons. The average Bonchev–Trinajstić information content (AvgIpc) is 2.71. The topological polar surface area (TPSA) is 49.4 Å². The molecule has 1 aromatic rings. The summed E-state index contributed by atoms with van der Waals surface area (Å²) >= 11 is 0. The summed E-state index contributed by atoms with van der Waals surface area (Å²) in [4.78, 5) is 25.3. The first-order valence-electron chi connectivity index (χ1n) is 6.26. The molecule has 0 bridgehead atoms. The Morgan fingerprint density at radius 1 is 1.39 bits per heavy atom. The molecule has 18 heavy (non-hydrogen) atoms. The standard InChI is InChI=1S/C14H18N2O2/c1-3-10-4-6-11(7-5-10)15-13(17)12-8-9-16(2)14(12)18/h4-7,12H,3,8-9H2,1-2H3,(H,15,17). The second-order valence-electron chi connectivity index (χ2n) is 4.64. The molecule has 1 saturated heterocycles. The van der Waals surface area contributed by atoms with Crippen LogP contribution in [-0.4, -0.2) is 30.3 Å². The molecule has 0 aromatic heterocycles. The Balaban J connectivity index is 2.00. The van der Waals surface area contributed by atoms with Gasteiger partial charge in [0.15, 0.2) is 0 Å². The zero-order valence-electron chi connectivity index (χ0n) is 10.8. The van der Waals surface area contributed by atoms with E-state index >= 15 is 0 Å². The molecule has 2 rings (SSSR count). The number of hydrogen-bond donors (Lipinski definition) is 1. The summed E-state index contributed by atoms with van der Waals surface area (Å²) < 4.78 is 0. The number of amides is 2. The number of carbonyl (C=O) groups is 2. The lowest BCUT2D eigenvalue weighted by atomic mass is 10.1. The first-order chi connectivity index (χ1) is 8.61. The van der Waals surface area contributed by atoms with E-state index in [1.807, 2.05) is 24.3 Å². The number of rotatable bonds is 3. The van der Waals surface area contributed by atoms with E-state index in [0.29, 0.717) is 13.0 Å². The van der Waals surface area contributed by atoms with Crippen LogP contribution in [0.15, 0.2) is 24.3 Å². The maximum Gasteiger partial charge on any atom is 0.237 e. The zero-order chi connectivity index (χ0) is 13.1. The number of aryl methyl sites for hydroxylation is 1. The van der Waals surface area contributed by atoms with E-state index < -0.39 is 5.92 Å². The largest absolute Gasteiger partial charge is 0.345 e. The minimum Gasteiger partial charge on any atom is -0.345 e. The normalized spacial score (nSPS) is 19.1. The van der Waals surface area contributed by atoms with Gasteiger partial charge in [-0.05, 0) is 30.5 Å². The number of hydrogen-bond acceptors (Lipinski definition) is 2. The van der Waals surface area contributed by atoms with Crippen LogP contribution >= 0.6 is 0 Å². The number of carbonyl (C=O) groups excluding carboxylic acids is 2. The van der Waals surface area contributed by atoms with Crippen molar-refractivity contribution in [1.29, 1.82) is 0 Å². The van der Waals surface area contributed by atoms with Crippen LogP contribution in [0.4, 0.5) is 5.69 Å². The van der Waals surface area contributed by atoms with E-state index in [-0.39, 0.29) is 11.8 Å². The lowest BCUT2D eigenvalue weighted by Gasteiger charge is -2.11. The van der Waals surface area contributed by atoms with Crippen LogP contribution in [0.25, 0.3) is 0 Å². The third-order valence-electron chi connectivity index (χ3n) is 3.37. The molecule has 1 heterocycles. The summed E-state index contributed by atoms with van der Waals surface area (Å²) in [5.41, 5.74) is 1.98. The van der Waals surface area contributed by atoms with Gasteiger partial charge >= 0.3 is 0 Å². The van der Waals surface area contributed by atoms with Crippen LogP contribution in [0.1, 0.15) is 18.9 Å². The van der Waals surface area contributed by atoms with Gasteiger partial charge in [0.25, 0.3) is 0 Å². The molecule has 1 aliphatic rings. The number of anilines is 1. The van der Waals surface area contributed by atoms with Crippen molar-refractivity contribution in [2.24, 2.45) is 5.92 Å². The Hall–Kier alpha value is -1.84. The van der Waals surface area contributed by atoms with Crippen molar-refractivity contribution in [3.63, 3.8) is 0 Å². The zero-order valence-corrected chi connectivity index (χ0v) is 10.8. The molecule has 0 saturated carbocycles. The fourth-order valence-electron chi connectivity index (χ4n) is 2.12. The molecule has 1 unspecified atom stereocenters. The van der Waals surface area contributed by atoms with Crippen LogP contribution in [0.5, 0.6) is 0 Å². The molecule has 4 heteroatoms. The van der Waals surface area contributed by atoms with Crippen molar-refractivity contribution in [1.82, 2.24) is 4.90 Å². The molecule has 0 radical (unpaired) electrons. The van der Waals surface area contributed by atoms with Gasteiger partial charge in [0.1, 0.15) is 5.92 Å². The van der Waals surface area contributed by atoms with E-state index in [9.17, 15) is 9.59 Å². The molecule has 1 N–H and O–H groups in total. The van der Waals surface area contributed by atoms with Gasteiger partial charge < -0.3 is 10.2 Å². The maximum absolute atomic E-state index is 12.0. The highest BCUT2D eigenvalue weighted by Gasteiger charge is 2.34. The first kappa shape index (κ1) is 12.6. The summed E-state index contributed by atoms with van der Waals surface area (Å²) in [6.07, 6.45) is 1.58. The van der Waals surface area contributed by atoms with Gasteiger partial charge in [-0.3, -0.25) is 9.59 Å². The van der Waals surface area contributed by atoms with Crippen LogP contribution in [0.3, 0.4) is 0 Å². The second-order valence-corrected chi connectivity index (χ2v) is 4.64. The van der Waals surface area contributed by atoms with Crippen molar-refractivity contribution in [3.05, 3.63) is 29.8 Å². The Labute approximate surface area is 107 Å². The summed E-state index contributed by atoms with van der Waals surface area (Å²) in [5, 5.41) is 2.80. The molecule has 2 amide bonds. The van der Waals surface area contributed by atoms with Crippen molar-refractivity contribution < 1.29 is 9.59 Å². The van der Waals surface area contributed by atoms with Gasteiger partial charge in [0.05, 0.1) is 0 Å². The van der Waals surface area contributed by atoms with Gasteiger partial charge in [-0.2, -0.15) is 0 Å². The number of likely N-dealkylation sites (tertiary alicyclic amines) is 1. The second kappa shape index (κ2) is 5.21. The van der Waals surface area contributed by atoms with Crippen LogP contribution in [0, 0.1) is 5.92 Å². The van der Waals surface area contributed by atoms with E-state index in [1.54, 1.807) is 11.9 Å². The minimum atomic E-state index is -0.527. The minimum absolute atomic E-state index is 0.0855. The van der Waals surface area contributed by atoms with Crippen LogP contribution < -0.4 is 5.32 Å². The number of nitrogens with zero attached hydrogens (tertiary/aromatic N) is 1. The highest BCUT2D eigenvalue weighted by atomic mass is 16.2. The Morgan fingerprint density at radius 2 is 2.06 bits per heavy atom. The molecule has 4 nitrogen and oxygen atoms in total. The number of benzene rings is 1. The molecule has 0 aliphatic carbocycles. The molecule has 1 atom stereocenters. The molecule has 1 fully saturated rings. The third-order valence-corrected chi connectivity index (χ3v) is 3.37. The Morgan fingerprint density at radius 3 is 2.56 bits per heavy atom. The smallest absolute Gasteiger partial charge is 0.237 e. The molecule has 0 spiro atoms. The Kier molecular flexibility index (Phi) is 3.65. The molecular weight excluding hydrogens is 228 g/mol. The molecule has 1 aliphatic heterocycles. The van der Waals surface area contributed by atoms with Crippen molar-refractivity contribution in [2.75, 3.05) is 18.9 Å². The quantitative estimate of drug-likeness (QED) is 0.825. The van der Waals surface area contributed by atoms with E-state index in [2.05, 4.69) is 12.2 Å². The summed E-state index contributed by atoms with van der Waals surface area (Å²) in [6, 6.07) is 7.72. The summed E-state index contributed by atoms with van der Waals surface area (Å²) in [7, 11) is 1.73. The highest BCUT2D eigenvalue weighted by Crippen LogP contribution is 2.19. The molecular formula is C14H18N2O2. The SMILES string of the molecule is CCc1ccc(NC(=O)C2CCN(C)C2=O)cc1. The van der Waals surface area contributed by atoms with Gasteiger partial charge in [0, 0.05) is 19.3 Å². The first-order valence-corrected chi connectivity index (χ1v) is 6.26.